The van der Waals surface area contributed by atoms with Crippen molar-refractivity contribution in [1.82, 2.24) is 4.98 Å². The third-order valence-electron chi connectivity index (χ3n) is 3.78. The first-order valence-electron chi connectivity index (χ1n) is 7.68. The SMILES string of the molecule is Clc1cccc(Sc2nc3ccccc3cc2-c2ccccc2)c1. The number of aromatic nitrogens is 1. The molecule has 0 fully saturated rings. The lowest BCUT2D eigenvalue weighted by Crippen LogP contribution is -1.89. The highest BCUT2D eigenvalue weighted by Crippen LogP contribution is 2.37. The monoisotopic (exact) mass is 347 g/mol. The molecule has 0 unspecified atom stereocenters. The van der Waals surface area contributed by atoms with Gasteiger partial charge in [-0.2, -0.15) is 0 Å². The Morgan fingerprint density at radius 3 is 2.38 bits per heavy atom. The molecule has 3 aromatic carbocycles. The molecule has 0 radical (unpaired) electrons. The highest BCUT2D eigenvalue weighted by Gasteiger charge is 2.11. The molecule has 0 aliphatic heterocycles. The van der Waals surface area contributed by atoms with Gasteiger partial charge in [0.2, 0.25) is 0 Å². The summed E-state index contributed by atoms with van der Waals surface area (Å²) in [6, 6.07) is 28.7. The Labute approximate surface area is 150 Å². The highest BCUT2D eigenvalue weighted by molar-refractivity contribution is 7.99. The van der Waals surface area contributed by atoms with Gasteiger partial charge in [-0.05, 0) is 35.9 Å². The Bertz CT molecular complexity index is 999. The normalized spacial score (nSPS) is 10.9. The van der Waals surface area contributed by atoms with Gasteiger partial charge in [-0.25, -0.2) is 4.98 Å². The van der Waals surface area contributed by atoms with Crippen molar-refractivity contribution >= 4 is 34.3 Å². The van der Waals surface area contributed by atoms with E-state index in [9.17, 15) is 0 Å². The lowest BCUT2D eigenvalue weighted by molar-refractivity contribution is 1.19. The van der Waals surface area contributed by atoms with Gasteiger partial charge in [-0.15, -0.1) is 0 Å². The Morgan fingerprint density at radius 1 is 0.750 bits per heavy atom. The number of benzene rings is 3. The van der Waals surface area contributed by atoms with E-state index in [2.05, 4.69) is 42.5 Å². The zero-order valence-electron chi connectivity index (χ0n) is 12.8. The Kier molecular flexibility index (Phi) is 4.24. The van der Waals surface area contributed by atoms with Crippen LogP contribution in [0.5, 0.6) is 0 Å². The summed E-state index contributed by atoms with van der Waals surface area (Å²) in [5.41, 5.74) is 3.31. The van der Waals surface area contributed by atoms with Crippen LogP contribution in [0.4, 0.5) is 0 Å². The molecule has 24 heavy (non-hydrogen) atoms. The van der Waals surface area contributed by atoms with Crippen molar-refractivity contribution < 1.29 is 0 Å². The van der Waals surface area contributed by atoms with Gasteiger partial charge in [0.1, 0.15) is 5.03 Å². The molecule has 0 N–H and O–H groups in total. The van der Waals surface area contributed by atoms with E-state index in [1.54, 1.807) is 11.8 Å². The molecule has 0 atom stereocenters. The maximum atomic E-state index is 6.13. The van der Waals surface area contributed by atoms with Gasteiger partial charge in [0, 0.05) is 20.9 Å². The van der Waals surface area contributed by atoms with Crippen molar-refractivity contribution in [3.63, 3.8) is 0 Å². The van der Waals surface area contributed by atoms with E-state index in [1.807, 2.05) is 42.5 Å². The summed E-state index contributed by atoms with van der Waals surface area (Å²) in [5.74, 6) is 0. The van der Waals surface area contributed by atoms with E-state index in [0.29, 0.717) is 0 Å². The molecule has 0 spiro atoms. The topological polar surface area (TPSA) is 12.9 Å². The second-order valence-electron chi connectivity index (χ2n) is 5.46. The number of hydrogen-bond acceptors (Lipinski definition) is 2. The van der Waals surface area contributed by atoms with E-state index in [0.717, 1.165) is 31.4 Å². The fourth-order valence-corrected chi connectivity index (χ4v) is 3.88. The Morgan fingerprint density at radius 2 is 1.54 bits per heavy atom. The minimum atomic E-state index is 0.738. The Balaban J connectivity index is 1.88. The van der Waals surface area contributed by atoms with E-state index in [1.165, 1.54) is 5.56 Å². The summed E-state index contributed by atoms with van der Waals surface area (Å²) < 4.78 is 0. The smallest absolute Gasteiger partial charge is 0.109 e. The summed E-state index contributed by atoms with van der Waals surface area (Å²) in [5, 5.41) is 2.87. The summed E-state index contributed by atoms with van der Waals surface area (Å²) >= 11 is 7.77. The van der Waals surface area contributed by atoms with Gasteiger partial charge in [0.25, 0.3) is 0 Å². The summed E-state index contributed by atoms with van der Waals surface area (Å²) in [4.78, 5) is 5.98. The van der Waals surface area contributed by atoms with Gasteiger partial charge in [-0.1, -0.05) is 78.0 Å². The standard InChI is InChI=1S/C21H14ClNS/c22-17-10-6-11-18(14-17)24-21-19(15-7-2-1-3-8-15)13-16-9-4-5-12-20(16)23-21/h1-14H. The molecule has 0 saturated carbocycles. The van der Waals surface area contributed by atoms with E-state index >= 15 is 0 Å². The van der Waals surface area contributed by atoms with Crippen molar-refractivity contribution in [1.29, 1.82) is 0 Å². The minimum absolute atomic E-state index is 0.738. The zero-order chi connectivity index (χ0) is 16.4. The number of rotatable bonds is 3. The number of para-hydroxylation sites is 1. The van der Waals surface area contributed by atoms with Gasteiger partial charge in [0.15, 0.2) is 0 Å². The fraction of sp³-hybridized carbons (Fsp3) is 0. The van der Waals surface area contributed by atoms with Crippen molar-refractivity contribution in [3.8, 4) is 11.1 Å². The average Bonchev–Trinajstić information content (AvgIpc) is 2.62. The van der Waals surface area contributed by atoms with E-state index in [4.69, 9.17) is 16.6 Å². The first kappa shape index (κ1) is 15.3. The molecule has 116 valence electrons. The molecule has 1 heterocycles. The quantitative estimate of drug-likeness (QED) is 0.408. The third-order valence-corrected chi connectivity index (χ3v) is 5.01. The van der Waals surface area contributed by atoms with Gasteiger partial charge < -0.3 is 0 Å². The van der Waals surface area contributed by atoms with Crippen LogP contribution in [-0.4, -0.2) is 4.98 Å². The molecule has 1 aromatic heterocycles. The minimum Gasteiger partial charge on any atom is -0.240 e. The van der Waals surface area contributed by atoms with Crippen LogP contribution in [0.25, 0.3) is 22.0 Å². The third kappa shape index (κ3) is 3.16. The van der Waals surface area contributed by atoms with Crippen molar-refractivity contribution in [2.24, 2.45) is 0 Å². The van der Waals surface area contributed by atoms with Crippen molar-refractivity contribution in [2.45, 2.75) is 9.92 Å². The maximum Gasteiger partial charge on any atom is 0.109 e. The predicted octanol–water partition coefficient (Wildman–Crippen LogP) is 6.71. The average molecular weight is 348 g/mol. The molecule has 1 nitrogen and oxygen atoms in total. The molecule has 3 heteroatoms. The molecule has 4 aromatic rings. The van der Waals surface area contributed by atoms with Gasteiger partial charge >= 0.3 is 0 Å². The summed E-state index contributed by atoms with van der Waals surface area (Å²) in [6.45, 7) is 0. The Hall–Kier alpha value is -2.29. The van der Waals surface area contributed by atoms with Crippen LogP contribution >= 0.6 is 23.4 Å². The highest BCUT2D eigenvalue weighted by atomic mass is 35.5. The van der Waals surface area contributed by atoms with Crippen LogP contribution in [0.15, 0.2) is 94.9 Å². The predicted molar refractivity (Wildman–Crippen MR) is 103 cm³/mol. The lowest BCUT2D eigenvalue weighted by atomic mass is 10.1. The second kappa shape index (κ2) is 6.68. The molecule has 0 amide bonds. The number of halogens is 1. The largest absolute Gasteiger partial charge is 0.240 e. The number of hydrogen-bond donors (Lipinski definition) is 0. The van der Waals surface area contributed by atoms with Crippen LogP contribution in [0.2, 0.25) is 5.02 Å². The van der Waals surface area contributed by atoms with Crippen LogP contribution in [0.1, 0.15) is 0 Å². The molecule has 4 rings (SSSR count). The molecule has 0 aliphatic carbocycles. The summed E-state index contributed by atoms with van der Waals surface area (Å²) in [6.07, 6.45) is 0. The maximum absolute atomic E-state index is 6.13. The number of pyridine rings is 1. The lowest BCUT2D eigenvalue weighted by Gasteiger charge is -2.11. The molecule has 0 saturated heterocycles. The van der Waals surface area contributed by atoms with Gasteiger partial charge in [-0.3, -0.25) is 0 Å². The van der Waals surface area contributed by atoms with Crippen molar-refractivity contribution in [3.05, 3.63) is 90.0 Å². The molecular formula is C21H14ClNS. The second-order valence-corrected chi connectivity index (χ2v) is 6.96. The zero-order valence-corrected chi connectivity index (χ0v) is 14.4. The first-order valence-corrected chi connectivity index (χ1v) is 8.88. The van der Waals surface area contributed by atoms with Crippen molar-refractivity contribution in [2.75, 3.05) is 0 Å². The molecule has 0 bridgehead atoms. The number of fused-ring (bicyclic) bond motifs is 1. The van der Waals surface area contributed by atoms with E-state index in [-0.39, 0.29) is 0 Å². The van der Waals surface area contributed by atoms with E-state index < -0.39 is 0 Å². The molecular weight excluding hydrogens is 334 g/mol. The van der Waals surface area contributed by atoms with Crippen LogP contribution in [0.3, 0.4) is 0 Å². The fourth-order valence-electron chi connectivity index (χ4n) is 2.64. The van der Waals surface area contributed by atoms with Crippen LogP contribution in [-0.2, 0) is 0 Å². The van der Waals surface area contributed by atoms with Gasteiger partial charge in [0.05, 0.1) is 5.52 Å². The summed E-state index contributed by atoms with van der Waals surface area (Å²) in [7, 11) is 0. The number of nitrogens with zero attached hydrogens (tertiary/aromatic N) is 1. The van der Waals surface area contributed by atoms with Crippen LogP contribution < -0.4 is 0 Å². The molecule has 0 aliphatic rings. The van der Waals surface area contributed by atoms with Crippen LogP contribution in [0, 0.1) is 0 Å². The first-order chi connectivity index (χ1) is 11.8.